The maximum atomic E-state index is 11.3. The van der Waals surface area contributed by atoms with Crippen molar-refractivity contribution in [1.82, 2.24) is 15.4 Å². The number of carbonyl (C=O) groups is 1. The number of nitrogens with one attached hydrogen (secondary N) is 2. The topological polar surface area (TPSA) is 81.2 Å². The zero-order valence-corrected chi connectivity index (χ0v) is 18.2. The van der Waals surface area contributed by atoms with Crippen molar-refractivity contribution >= 4 is 28.7 Å². The molecule has 1 aliphatic carbocycles. The molecule has 6 nitrogen and oxygen atoms in total. The van der Waals surface area contributed by atoms with Crippen LogP contribution in [0.2, 0.25) is 0 Å². The van der Waals surface area contributed by atoms with Crippen molar-refractivity contribution in [3.8, 4) is 0 Å². The molecule has 0 spiro atoms. The third kappa shape index (κ3) is 4.38. The molecule has 3 N–H and O–H groups in total. The van der Waals surface area contributed by atoms with Gasteiger partial charge >= 0.3 is 0 Å². The number of pyridine rings is 1. The zero-order valence-electron chi connectivity index (χ0n) is 18.2. The molecule has 33 heavy (non-hydrogen) atoms. The number of fused-ring (bicyclic) bond motifs is 2. The molecular formula is C27H26N4O2. The first-order valence-electron chi connectivity index (χ1n) is 11.2. The highest BCUT2D eigenvalue weighted by Gasteiger charge is 2.29. The summed E-state index contributed by atoms with van der Waals surface area (Å²) in [4.78, 5) is 21.8. The number of anilines is 1. The number of rotatable bonds is 7. The van der Waals surface area contributed by atoms with Gasteiger partial charge in [0.05, 0.1) is 6.04 Å². The van der Waals surface area contributed by atoms with Crippen molar-refractivity contribution in [2.45, 2.75) is 25.3 Å². The smallest absolute Gasteiger partial charge is 0.267 e. The van der Waals surface area contributed by atoms with E-state index in [1.54, 1.807) is 11.6 Å². The Kier molecular flexibility index (Phi) is 5.91. The van der Waals surface area contributed by atoms with Gasteiger partial charge in [0.2, 0.25) is 0 Å². The number of hydrogen-bond acceptors (Lipinski definition) is 4. The fraction of sp³-hybridized carbons (Fsp3) is 0.185. The fourth-order valence-electron chi connectivity index (χ4n) is 4.78. The summed E-state index contributed by atoms with van der Waals surface area (Å²) in [5, 5.41) is 9.96. The highest BCUT2D eigenvalue weighted by Crippen LogP contribution is 2.38. The molecule has 0 fully saturated rings. The average molecular weight is 439 g/mol. The number of para-hydroxylation sites is 1. The van der Waals surface area contributed by atoms with Crippen LogP contribution in [0.5, 0.6) is 0 Å². The molecule has 2 aromatic heterocycles. The molecule has 1 atom stereocenters. The number of aromatic nitrogens is 2. The molecule has 5 rings (SSSR count). The van der Waals surface area contributed by atoms with Crippen molar-refractivity contribution in [2.75, 3.05) is 11.4 Å². The summed E-state index contributed by atoms with van der Waals surface area (Å²) in [6.45, 7) is 0.862. The summed E-state index contributed by atoms with van der Waals surface area (Å²) in [6, 6.07) is 21.0. The summed E-state index contributed by atoms with van der Waals surface area (Å²) in [5.41, 5.74) is 7.65. The van der Waals surface area contributed by atoms with Gasteiger partial charge in [-0.05, 0) is 65.8 Å². The number of carbonyl (C=O) groups excluding carboxylic acids is 1. The van der Waals surface area contributed by atoms with Crippen LogP contribution in [0.15, 0.2) is 79.1 Å². The predicted octanol–water partition coefficient (Wildman–Crippen LogP) is 4.82. The average Bonchev–Trinajstić information content (AvgIpc) is 3.47. The number of hydroxylamine groups is 1. The van der Waals surface area contributed by atoms with E-state index in [-0.39, 0.29) is 6.04 Å². The molecule has 0 bridgehead atoms. The van der Waals surface area contributed by atoms with Gasteiger partial charge in [-0.3, -0.25) is 10.0 Å². The maximum Gasteiger partial charge on any atom is 0.267 e. The molecule has 0 radical (unpaired) electrons. The first-order valence-corrected chi connectivity index (χ1v) is 11.2. The Labute approximate surface area is 192 Å². The lowest BCUT2D eigenvalue weighted by molar-refractivity contribution is -0.124. The van der Waals surface area contributed by atoms with E-state index < -0.39 is 5.91 Å². The molecule has 1 unspecified atom stereocenters. The second kappa shape index (κ2) is 9.30. The number of amides is 1. The van der Waals surface area contributed by atoms with Crippen LogP contribution in [0.25, 0.3) is 17.0 Å². The van der Waals surface area contributed by atoms with E-state index in [0.717, 1.165) is 37.2 Å². The minimum absolute atomic E-state index is 0.249. The van der Waals surface area contributed by atoms with Crippen molar-refractivity contribution in [3.63, 3.8) is 0 Å². The summed E-state index contributed by atoms with van der Waals surface area (Å²) in [6.07, 6.45) is 9.93. The van der Waals surface area contributed by atoms with Crippen molar-refractivity contribution in [1.29, 1.82) is 0 Å². The molecule has 166 valence electrons. The molecule has 2 aromatic carbocycles. The number of benzene rings is 2. The van der Waals surface area contributed by atoms with Crippen LogP contribution in [0.3, 0.4) is 0 Å². The SMILES string of the molecule is O=C(/C=C/c1ccc2c(c1)CCC2N(CCc1c[nH]c2ccccc12)c1ccccn1)NO. The Morgan fingerprint density at radius 3 is 2.91 bits per heavy atom. The monoisotopic (exact) mass is 438 g/mol. The van der Waals surface area contributed by atoms with Gasteiger partial charge in [-0.15, -0.1) is 0 Å². The van der Waals surface area contributed by atoms with Crippen LogP contribution in [0.4, 0.5) is 5.82 Å². The first kappa shape index (κ1) is 21.0. The summed E-state index contributed by atoms with van der Waals surface area (Å²) in [7, 11) is 0. The minimum atomic E-state index is -0.535. The molecule has 0 saturated carbocycles. The Hall–Kier alpha value is -3.90. The van der Waals surface area contributed by atoms with Gasteiger partial charge in [-0.25, -0.2) is 10.5 Å². The third-order valence-corrected chi connectivity index (χ3v) is 6.37. The van der Waals surface area contributed by atoms with Crippen LogP contribution in [0.1, 0.15) is 34.7 Å². The number of nitrogens with zero attached hydrogens (tertiary/aromatic N) is 2. The van der Waals surface area contributed by atoms with E-state index in [4.69, 9.17) is 5.21 Å². The maximum absolute atomic E-state index is 11.3. The Balaban J connectivity index is 1.41. The summed E-state index contributed by atoms with van der Waals surface area (Å²) >= 11 is 0. The number of H-pyrrole nitrogens is 1. The van der Waals surface area contributed by atoms with Gasteiger partial charge in [-0.1, -0.05) is 42.5 Å². The number of hydrogen-bond donors (Lipinski definition) is 3. The summed E-state index contributed by atoms with van der Waals surface area (Å²) in [5.74, 6) is 0.450. The minimum Gasteiger partial charge on any atom is -0.361 e. The van der Waals surface area contributed by atoms with Crippen LogP contribution in [-0.2, 0) is 17.6 Å². The van der Waals surface area contributed by atoms with E-state index in [2.05, 4.69) is 63.5 Å². The molecule has 1 amide bonds. The van der Waals surface area contributed by atoms with Crippen molar-refractivity contribution in [2.24, 2.45) is 0 Å². The normalized spacial score (nSPS) is 15.1. The second-order valence-electron chi connectivity index (χ2n) is 8.31. The van der Waals surface area contributed by atoms with Crippen molar-refractivity contribution < 1.29 is 10.0 Å². The molecule has 2 heterocycles. The lowest BCUT2D eigenvalue weighted by Gasteiger charge is -2.31. The van der Waals surface area contributed by atoms with E-state index in [1.807, 2.05) is 24.4 Å². The Morgan fingerprint density at radius 1 is 1.18 bits per heavy atom. The van der Waals surface area contributed by atoms with E-state index >= 15 is 0 Å². The standard InChI is InChI=1S/C27H26N4O2/c32-27(30-33)13-9-19-8-11-23-20(17-19)10-12-25(23)31(26-7-3-4-15-28-26)16-14-21-18-29-24-6-2-1-5-22(21)24/h1-9,11,13,15,17-18,25,29,33H,10,12,14,16H2,(H,30,32)/b13-9+. The van der Waals surface area contributed by atoms with Crippen LogP contribution in [0, 0.1) is 0 Å². The Morgan fingerprint density at radius 2 is 2.06 bits per heavy atom. The quantitative estimate of drug-likeness (QED) is 0.220. The predicted molar refractivity (Wildman–Crippen MR) is 130 cm³/mol. The number of aromatic amines is 1. The van der Waals surface area contributed by atoms with Crippen LogP contribution >= 0.6 is 0 Å². The Bertz CT molecular complexity index is 1300. The van der Waals surface area contributed by atoms with Gasteiger partial charge in [0.25, 0.3) is 5.91 Å². The first-order chi connectivity index (χ1) is 16.2. The zero-order chi connectivity index (χ0) is 22.6. The third-order valence-electron chi connectivity index (χ3n) is 6.37. The highest BCUT2D eigenvalue weighted by atomic mass is 16.5. The molecule has 4 aromatic rings. The summed E-state index contributed by atoms with van der Waals surface area (Å²) < 4.78 is 0. The molecule has 6 heteroatoms. The van der Waals surface area contributed by atoms with Crippen LogP contribution in [-0.4, -0.2) is 27.6 Å². The second-order valence-corrected chi connectivity index (χ2v) is 8.31. The lowest BCUT2D eigenvalue weighted by Crippen LogP contribution is -2.30. The van der Waals surface area contributed by atoms with Crippen LogP contribution < -0.4 is 10.4 Å². The molecule has 0 saturated heterocycles. The highest BCUT2D eigenvalue weighted by molar-refractivity contribution is 5.90. The van der Waals surface area contributed by atoms with E-state index in [0.29, 0.717) is 0 Å². The lowest BCUT2D eigenvalue weighted by atomic mass is 10.0. The van der Waals surface area contributed by atoms with E-state index in [1.165, 1.54) is 33.7 Å². The van der Waals surface area contributed by atoms with Gasteiger partial charge < -0.3 is 9.88 Å². The van der Waals surface area contributed by atoms with E-state index in [9.17, 15) is 4.79 Å². The molecular weight excluding hydrogens is 412 g/mol. The fourth-order valence-corrected chi connectivity index (χ4v) is 4.78. The van der Waals surface area contributed by atoms with Gasteiger partial charge in [0.1, 0.15) is 5.82 Å². The largest absolute Gasteiger partial charge is 0.361 e. The van der Waals surface area contributed by atoms with Gasteiger partial charge in [-0.2, -0.15) is 0 Å². The van der Waals surface area contributed by atoms with Crippen molar-refractivity contribution in [3.05, 3.63) is 101 Å². The van der Waals surface area contributed by atoms with Gasteiger partial charge in [0.15, 0.2) is 0 Å². The molecule has 0 aliphatic heterocycles. The molecule has 1 aliphatic rings. The number of aryl methyl sites for hydroxylation is 1. The van der Waals surface area contributed by atoms with Gasteiger partial charge in [0, 0.05) is 35.9 Å².